The molecule has 0 atom stereocenters. The van der Waals surface area contributed by atoms with Gasteiger partial charge in [-0.2, -0.15) is 0 Å². The van der Waals surface area contributed by atoms with Gasteiger partial charge < -0.3 is 5.32 Å². The van der Waals surface area contributed by atoms with Crippen molar-refractivity contribution in [3.63, 3.8) is 0 Å². The van der Waals surface area contributed by atoms with Crippen LogP contribution in [0.5, 0.6) is 0 Å². The predicted molar refractivity (Wildman–Crippen MR) is 73.3 cm³/mol. The zero-order valence-electron chi connectivity index (χ0n) is 11.6. The number of alkyl halides is 1. The van der Waals surface area contributed by atoms with Gasteiger partial charge in [-0.3, -0.25) is 4.79 Å². The Kier molecular flexibility index (Phi) is 4.88. The molecule has 2 nitrogen and oxygen atoms in total. The highest BCUT2D eigenvalue weighted by molar-refractivity contribution is 6.18. The fourth-order valence-corrected chi connectivity index (χ4v) is 2.76. The van der Waals surface area contributed by atoms with Gasteiger partial charge in [0.1, 0.15) is 0 Å². The molecule has 1 saturated carbocycles. The van der Waals surface area contributed by atoms with Gasteiger partial charge in [0.05, 0.1) is 5.54 Å². The Balaban J connectivity index is 2.54. The number of carbonyl (C=O) groups is 1. The number of halogens is 1. The molecular weight excluding hydrogens is 234 g/mol. The Morgan fingerprint density at radius 1 is 1.35 bits per heavy atom. The van der Waals surface area contributed by atoms with Crippen molar-refractivity contribution in [1.29, 1.82) is 0 Å². The van der Waals surface area contributed by atoms with Crippen molar-refractivity contribution in [3.8, 4) is 0 Å². The molecule has 0 heterocycles. The lowest BCUT2D eigenvalue weighted by molar-refractivity contribution is -0.125. The number of carbonyl (C=O) groups excluding carboxylic acids is 1. The molecule has 0 aromatic rings. The van der Waals surface area contributed by atoms with Gasteiger partial charge in [-0.15, -0.1) is 11.6 Å². The first kappa shape index (κ1) is 14.8. The second kappa shape index (κ2) is 5.60. The zero-order valence-corrected chi connectivity index (χ0v) is 12.4. The van der Waals surface area contributed by atoms with Crippen LogP contribution in [0, 0.1) is 11.3 Å². The molecule has 1 rings (SSSR count). The van der Waals surface area contributed by atoms with Gasteiger partial charge in [0.2, 0.25) is 5.91 Å². The second-order valence-electron chi connectivity index (χ2n) is 6.88. The van der Waals surface area contributed by atoms with Crippen molar-refractivity contribution in [3.05, 3.63) is 0 Å². The van der Waals surface area contributed by atoms with Crippen LogP contribution in [-0.2, 0) is 4.79 Å². The van der Waals surface area contributed by atoms with E-state index in [0.717, 1.165) is 18.8 Å². The van der Waals surface area contributed by atoms with Gasteiger partial charge in [0, 0.05) is 12.3 Å². The predicted octanol–water partition coefficient (Wildman–Crippen LogP) is 3.73. The zero-order chi connectivity index (χ0) is 13.1. The maximum absolute atomic E-state index is 12.0. The van der Waals surface area contributed by atoms with E-state index in [2.05, 4.69) is 33.0 Å². The third-order valence-electron chi connectivity index (χ3n) is 3.58. The number of hydrogen-bond acceptors (Lipinski definition) is 1. The Morgan fingerprint density at radius 3 is 2.29 bits per heavy atom. The lowest BCUT2D eigenvalue weighted by Gasteiger charge is -2.39. The summed E-state index contributed by atoms with van der Waals surface area (Å²) >= 11 is 6.09. The minimum absolute atomic E-state index is 0.0412. The van der Waals surface area contributed by atoms with Crippen molar-refractivity contribution in [2.75, 3.05) is 5.88 Å². The minimum Gasteiger partial charge on any atom is -0.349 e. The summed E-state index contributed by atoms with van der Waals surface area (Å²) in [4.78, 5) is 12.0. The van der Waals surface area contributed by atoms with Crippen LogP contribution >= 0.6 is 11.6 Å². The summed E-state index contributed by atoms with van der Waals surface area (Å²) in [5, 5.41) is 3.19. The van der Waals surface area contributed by atoms with E-state index in [4.69, 9.17) is 11.6 Å². The SMILES string of the molecule is CC1CCC(CCl)(NC(=O)CC(C)(C)C)CC1. The van der Waals surface area contributed by atoms with Gasteiger partial charge in [-0.25, -0.2) is 0 Å². The Hall–Kier alpha value is -0.240. The Labute approximate surface area is 110 Å². The number of rotatable bonds is 3. The summed E-state index contributed by atoms with van der Waals surface area (Å²) in [6, 6.07) is 0. The van der Waals surface area contributed by atoms with Crippen LogP contribution in [0.3, 0.4) is 0 Å². The monoisotopic (exact) mass is 259 g/mol. The Bertz CT molecular complexity index is 262. The van der Waals surface area contributed by atoms with E-state index in [0.29, 0.717) is 12.3 Å². The molecule has 0 spiro atoms. The molecule has 0 saturated heterocycles. The van der Waals surface area contributed by atoms with Gasteiger partial charge in [-0.05, 0) is 37.0 Å². The summed E-state index contributed by atoms with van der Waals surface area (Å²) in [6.07, 6.45) is 4.95. The topological polar surface area (TPSA) is 29.1 Å². The molecule has 1 amide bonds. The number of hydrogen-bond donors (Lipinski definition) is 1. The minimum atomic E-state index is -0.142. The van der Waals surface area contributed by atoms with Crippen LogP contribution in [0.15, 0.2) is 0 Å². The van der Waals surface area contributed by atoms with Crippen molar-refractivity contribution in [2.45, 2.75) is 65.3 Å². The smallest absolute Gasteiger partial charge is 0.220 e. The Morgan fingerprint density at radius 2 is 1.88 bits per heavy atom. The molecule has 0 aromatic heterocycles. The van der Waals surface area contributed by atoms with Gasteiger partial charge >= 0.3 is 0 Å². The maximum atomic E-state index is 12.0. The summed E-state index contributed by atoms with van der Waals surface area (Å²) in [5.41, 5.74) is -0.101. The van der Waals surface area contributed by atoms with E-state index >= 15 is 0 Å². The van der Waals surface area contributed by atoms with Crippen molar-refractivity contribution < 1.29 is 4.79 Å². The normalized spacial score (nSPS) is 30.1. The molecule has 100 valence electrons. The van der Waals surface area contributed by atoms with E-state index in [-0.39, 0.29) is 16.9 Å². The third kappa shape index (κ3) is 4.87. The largest absolute Gasteiger partial charge is 0.349 e. The van der Waals surface area contributed by atoms with E-state index in [1.54, 1.807) is 0 Å². The van der Waals surface area contributed by atoms with Gasteiger partial charge in [-0.1, -0.05) is 27.7 Å². The second-order valence-corrected chi connectivity index (χ2v) is 7.15. The van der Waals surface area contributed by atoms with Crippen molar-refractivity contribution in [1.82, 2.24) is 5.32 Å². The van der Waals surface area contributed by atoms with Crippen LogP contribution in [0.2, 0.25) is 0 Å². The fourth-order valence-electron chi connectivity index (χ4n) is 2.43. The molecule has 1 fully saturated rings. The first-order chi connectivity index (χ1) is 7.76. The fraction of sp³-hybridized carbons (Fsp3) is 0.929. The summed E-state index contributed by atoms with van der Waals surface area (Å²) in [7, 11) is 0. The van der Waals surface area contributed by atoms with E-state index in [1.165, 1.54) is 12.8 Å². The molecule has 17 heavy (non-hydrogen) atoms. The highest BCUT2D eigenvalue weighted by Crippen LogP contribution is 2.33. The molecule has 1 N–H and O–H groups in total. The van der Waals surface area contributed by atoms with Crippen LogP contribution in [0.4, 0.5) is 0 Å². The molecule has 3 heteroatoms. The van der Waals surface area contributed by atoms with Crippen LogP contribution in [-0.4, -0.2) is 17.3 Å². The summed E-state index contributed by atoms with van der Waals surface area (Å²) in [5.74, 6) is 1.45. The number of amides is 1. The number of nitrogens with one attached hydrogen (secondary N) is 1. The molecule has 0 radical (unpaired) electrons. The van der Waals surface area contributed by atoms with Crippen LogP contribution in [0.25, 0.3) is 0 Å². The molecule has 0 aromatic carbocycles. The quantitative estimate of drug-likeness (QED) is 0.769. The standard InChI is InChI=1S/C14H26ClNO/c1-11-5-7-14(10-15,8-6-11)16-12(17)9-13(2,3)4/h11H,5-10H2,1-4H3,(H,16,17). The van der Waals surface area contributed by atoms with Crippen molar-refractivity contribution >= 4 is 17.5 Å². The average Bonchev–Trinajstić information content (AvgIpc) is 2.19. The van der Waals surface area contributed by atoms with E-state index in [1.807, 2.05) is 0 Å². The highest BCUT2D eigenvalue weighted by atomic mass is 35.5. The van der Waals surface area contributed by atoms with Gasteiger partial charge in [0.25, 0.3) is 0 Å². The molecule has 0 unspecified atom stereocenters. The lowest BCUT2D eigenvalue weighted by atomic mass is 9.78. The van der Waals surface area contributed by atoms with E-state index in [9.17, 15) is 4.79 Å². The maximum Gasteiger partial charge on any atom is 0.220 e. The molecule has 0 bridgehead atoms. The van der Waals surface area contributed by atoms with Crippen LogP contribution < -0.4 is 5.32 Å². The van der Waals surface area contributed by atoms with E-state index < -0.39 is 0 Å². The lowest BCUT2D eigenvalue weighted by Crippen LogP contribution is -2.52. The summed E-state index contributed by atoms with van der Waals surface area (Å²) in [6.45, 7) is 8.53. The first-order valence-corrected chi connectivity index (χ1v) is 7.17. The molecule has 1 aliphatic carbocycles. The molecule has 1 aliphatic rings. The molecule has 0 aliphatic heterocycles. The average molecular weight is 260 g/mol. The van der Waals surface area contributed by atoms with Gasteiger partial charge in [0.15, 0.2) is 0 Å². The third-order valence-corrected chi connectivity index (χ3v) is 4.09. The highest BCUT2D eigenvalue weighted by Gasteiger charge is 2.35. The van der Waals surface area contributed by atoms with Crippen molar-refractivity contribution in [2.24, 2.45) is 11.3 Å². The molecular formula is C14H26ClNO. The first-order valence-electron chi connectivity index (χ1n) is 6.63. The van der Waals surface area contributed by atoms with Crippen LogP contribution in [0.1, 0.15) is 59.8 Å². The summed E-state index contributed by atoms with van der Waals surface area (Å²) < 4.78 is 0.